The second kappa shape index (κ2) is 5.85. The molecule has 0 saturated heterocycles. The molecule has 80 valence electrons. The Hall–Kier alpha value is -0.910. The predicted molar refractivity (Wildman–Crippen MR) is 61.3 cm³/mol. The summed E-state index contributed by atoms with van der Waals surface area (Å²) in [4.78, 5) is 0. The van der Waals surface area contributed by atoms with Crippen LogP contribution in [0.2, 0.25) is 5.02 Å². The van der Waals surface area contributed by atoms with Gasteiger partial charge in [0.2, 0.25) is 0 Å². The van der Waals surface area contributed by atoms with Gasteiger partial charge >= 0.3 is 0 Å². The lowest BCUT2D eigenvalue weighted by atomic mass is 10.2. The maximum absolute atomic E-state index is 8.77. The second-order valence-electron chi connectivity index (χ2n) is 3.03. The van der Waals surface area contributed by atoms with E-state index in [4.69, 9.17) is 33.2 Å². The largest absolute Gasteiger partial charge is 0.475 e. The Morgan fingerprint density at radius 2 is 2.27 bits per heavy atom. The molecule has 0 bridgehead atoms. The van der Waals surface area contributed by atoms with E-state index in [1.807, 2.05) is 6.92 Å². The molecule has 1 aromatic carbocycles. The summed E-state index contributed by atoms with van der Waals surface area (Å²) in [6.07, 6.45) is 0.203. The summed E-state index contributed by atoms with van der Waals surface area (Å²) in [6, 6.07) is 7.27. The number of ether oxygens (including phenoxy) is 1. The Balaban J connectivity index is 2.89. The third-order valence-electron chi connectivity index (χ3n) is 1.95. The van der Waals surface area contributed by atoms with Gasteiger partial charge < -0.3 is 4.74 Å². The van der Waals surface area contributed by atoms with Crippen LogP contribution in [-0.2, 0) is 5.88 Å². The van der Waals surface area contributed by atoms with Crippen LogP contribution in [0.25, 0.3) is 0 Å². The molecule has 1 atom stereocenters. The molecule has 1 aromatic rings. The fraction of sp³-hybridized carbons (Fsp3) is 0.364. The highest BCUT2D eigenvalue weighted by atomic mass is 35.5. The number of benzene rings is 1. The molecule has 2 nitrogen and oxygen atoms in total. The molecule has 0 saturated carbocycles. The zero-order valence-electron chi connectivity index (χ0n) is 8.34. The first-order valence-electron chi connectivity index (χ1n) is 4.62. The number of hydrogen-bond acceptors (Lipinski definition) is 2. The Morgan fingerprint density at radius 3 is 2.80 bits per heavy atom. The summed E-state index contributed by atoms with van der Waals surface area (Å²) in [5.41, 5.74) is 0.804. The van der Waals surface area contributed by atoms with Gasteiger partial charge in [-0.05, 0) is 24.6 Å². The minimum absolute atomic E-state index is 0.317. The van der Waals surface area contributed by atoms with E-state index in [0.29, 0.717) is 23.1 Å². The minimum Gasteiger partial charge on any atom is -0.475 e. The molecule has 0 aromatic heterocycles. The van der Waals surface area contributed by atoms with Gasteiger partial charge in [-0.15, -0.1) is 11.6 Å². The van der Waals surface area contributed by atoms with Gasteiger partial charge in [0.05, 0.1) is 5.88 Å². The van der Waals surface area contributed by atoms with E-state index in [0.717, 1.165) is 5.56 Å². The summed E-state index contributed by atoms with van der Waals surface area (Å²) in [5.74, 6) is 0.945. The maximum atomic E-state index is 8.77. The van der Waals surface area contributed by atoms with Crippen molar-refractivity contribution in [2.45, 2.75) is 25.3 Å². The Kier molecular flexibility index (Phi) is 4.74. The second-order valence-corrected chi connectivity index (χ2v) is 3.73. The van der Waals surface area contributed by atoms with Crippen molar-refractivity contribution < 1.29 is 4.74 Å². The van der Waals surface area contributed by atoms with E-state index < -0.39 is 6.10 Å². The summed E-state index contributed by atoms with van der Waals surface area (Å²) in [5, 5.41) is 9.39. The van der Waals surface area contributed by atoms with E-state index >= 15 is 0 Å². The van der Waals surface area contributed by atoms with Gasteiger partial charge in [-0.3, -0.25) is 0 Å². The number of hydrogen-bond donors (Lipinski definition) is 0. The Bertz CT molecular complexity index is 373. The fourth-order valence-electron chi connectivity index (χ4n) is 1.12. The first-order valence-corrected chi connectivity index (χ1v) is 5.53. The van der Waals surface area contributed by atoms with Crippen LogP contribution < -0.4 is 4.74 Å². The number of halogens is 2. The third kappa shape index (κ3) is 3.30. The molecule has 1 unspecified atom stereocenters. The van der Waals surface area contributed by atoms with Gasteiger partial charge in [0.25, 0.3) is 0 Å². The number of nitrogens with zero attached hydrogens (tertiary/aromatic N) is 1. The summed E-state index contributed by atoms with van der Waals surface area (Å²) >= 11 is 11.6. The molecule has 0 aliphatic heterocycles. The first kappa shape index (κ1) is 12.2. The topological polar surface area (TPSA) is 33.0 Å². The molecular formula is C11H11Cl2NO. The van der Waals surface area contributed by atoms with Crippen LogP contribution >= 0.6 is 23.2 Å². The molecule has 15 heavy (non-hydrogen) atoms. The SMILES string of the molecule is CCC(C#N)Oc1ccc(Cl)cc1CCl. The van der Waals surface area contributed by atoms with Crippen molar-refractivity contribution in [3.8, 4) is 11.8 Å². The first-order chi connectivity index (χ1) is 7.21. The van der Waals surface area contributed by atoms with E-state index in [1.165, 1.54) is 0 Å². The average molecular weight is 244 g/mol. The zero-order chi connectivity index (χ0) is 11.3. The average Bonchev–Trinajstić information content (AvgIpc) is 2.27. The molecule has 1 rings (SSSR count). The molecule has 0 fully saturated rings. The van der Waals surface area contributed by atoms with Gasteiger partial charge in [0.15, 0.2) is 6.10 Å². The van der Waals surface area contributed by atoms with Crippen LogP contribution in [0, 0.1) is 11.3 Å². The van der Waals surface area contributed by atoms with Crippen LogP contribution in [0.3, 0.4) is 0 Å². The van der Waals surface area contributed by atoms with E-state index in [-0.39, 0.29) is 0 Å². The number of alkyl halides is 1. The normalized spacial score (nSPS) is 11.9. The lowest BCUT2D eigenvalue weighted by Gasteiger charge is -2.13. The van der Waals surface area contributed by atoms with Crippen molar-refractivity contribution >= 4 is 23.2 Å². The van der Waals surface area contributed by atoms with Crippen molar-refractivity contribution in [3.05, 3.63) is 28.8 Å². The molecule has 4 heteroatoms. The van der Waals surface area contributed by atoms with Crippen LogP contribution in [0.4, 0.5) is 0 Å². The molecule has 0 N–H and O–H groups in total. The van der Waals surface area contributed by atoms with Gasteiger partial charge in [-0.2, -0.15) is 5.26 Å². The summed E-state index contributed by atoms with van der Waals surface area (Å²) in [6.45, 7) is 1.89. The molecule has 0 spiro atoms. The highest BCUT2D eigenvalue weighted by molar-refractivity contribution is 6.30. The fourth-order valence-corrected chi connectivity index (χ4v) is 1.53. The smallest absolute Gasteiger partial charge is 0.184 e. The van der Waals surface area contributed by atoms with Crippen molar-refractivity contribution in [2.75, 3.05) is 0 Å². The minimum atomic E-state index is -0.437. The van der Waals surface area contributed by atoms with E-state index in [9.17, 15) is 0 Å². The van der Waals surface area contributed by atoms with Crippen molar-refractivity contribution in [3.63, 3.8) is 0 Å². The highest BCUT2D eigenvalue weighted by Gasteiger charge is 2.09. The van der Waals surface area contributed by atoms with E-state index in [1.54, 1.807) is 18.2 Å². The van der Waals surface area contributed by atoms with Crippen molar-refractivity contribution in [1.82, 2.24) is 0 Å². The number of nitriles is 1. The predicted octanol–water partition coefficient (Wildman–Crippen LogP) is 3.76. The van der Waals surface area contributed by atoms with Crippen LogP contribution in [0.5, 0.6) is 5.75 Å². The van der Waals surface area contributed by atoms with Crippen molar-refractivity contribution in [1.29, 1.82) is 5.26 Å². The molecule has 0 radical (unpaired) electrons. The van der Waals surface area contributed by atoms with Gasteiger partial charge in [-0.25, -0.2) is 0 Å². The van der Waals surface area contributed by atoms with Gasteiger partial charge in [0, 0.05) is 10.6 Å². The van der Waals surface area contributed by atoms with Crippen LogP contribution in [0.15, 0.2) is 18.2 Å². The monoisotopic (exact) mass is 243 g/mol. The standard InChI is InChI=1S/C11H11Cl2NO/c1-2-10(7-14)15-11-4-3-9(13)5-8(11)6-12/h3-5,10H,2,6H2,1H3. The molecular weight excluding hydrogens is 233 g/mol. The van der Waals surface area contributed by atoms with E-state index in [2.05, 4.69) is 6.07 Å². The summed E-state index contributed by atoms with van der Waals surface area (Å²) in [7, 11) is 0. The third-order valence-corrected chi connectivity index (χ3v) is 2.47. The zero-order valence-corrected chi connectivity index (χ0v) is 9.85. The summed E-state index contributed by atoms with van der Waals surface area (Å²) < 4.78 is 5.49. The highest BCUT2D eigenvalue weighted by Crippen LogP contribution is 2.25. The Morgan fingerprint density at radius 1 is 1.53 bits per heavy atom. The maximum Gasteiger partial charge on any atom is 0.184 e. The quantitative estimate of drug-likeness (QED) is 0.755. The van der Waals surface area contributed by atoms with Crippen molar-refractivity contribution in [2.24, 2.45) is 0 Å². The molecule has 0 amide bonds. The van der Waals surface area contributed by atoms with Gasteiger partial charge in [-0.1, -0.05) is 18.5 Å². The lowest BCUT2D eigenvalue weighted by Crippen LogP contribution is -2.13. The molecule has 0 aliphatic rings. The number of rotatable bonds is 4. The van der Waals surface area contributed by atoms with Crippen LogP contribution in [-0.4, -0.2) is 6.10 Å². The van der Waals surface area contributed by atoms with Gasteiger partial charge in [0.1, 0.15) is 11.8 Å². The molecule has 0 aliphatic carbocycles. The van der Waals surface area contributed by atoms with Crippen LogP contribution in [0.1, 0.15) is 18.9 Å². The Labute approximate surface area is 99.4 Å². The molecule has 0 heterocycles. The lowest BCUT2D eigenvalue weighted by molar-refractivity contribution is 0.250.